The van der Waals surface area contributed by atoms with Crippen LogP contribution in [0.3, 0.4) is 0 Å². The van der Waals surface area contributed by atoms with Gasteiger partial charge in [0, 0.05) is 6.42 Å². The van der Waals surface area contributed by atoms with Gasteiger partial charge in [-0.15, -0.1) is 0 Å². The van der Waals surface area contributed by atoms with E-state index in [-0.39, 0.29) is 12.8 Å². The first kappa shape index (κ1) is 44.2. The van der Waals surface area contributed by atoms with E-state index in [1.165, 1.54) is 0 Å². The monoisotopic (exact) mass is 746 g/mol. The summed E-state index contributed by atoms with van der Waals surface area (Å²) in [5, 5.41) is 0. The Bertz CT molecular complexity index is 1000. The summed E-state index contributed by atoms with van der Waals surface area (Å²) in [5.41, 5.74) is 0. The third kappa shape index (κ3) is 6.25. The summed E-state index contributed by atoms with van der Waals surface area (Å²) in [6.45, 7) is 1.69. The fraction of sp³-hybridized carbons (Fsp3) is 1.00. The fourth-order valence-electron chi connectivity index (χ4n) is 3.45. The van der Waals surface area contributed by atoms with Gasteiger partial charge in [-0.1, -0.05) is 45.4 Å². The van der Waals surface area contributed by atoms with Crippen molar-refractivity contribution in [3.05, 3.63) is 0 Å². The lowest BCUT2D eigenvalue weighted by Crippen LogP contribution is -2.78. The van der Waals surface area contributed by atoms with E-state index < -0.39 is 90.6 Å². The van der Waals surface area contributed by atoms with Gasteiger partial charge in [0.25, 0.3) is 0 Å². The molecule has 0 heterocycles. The fourth-order valence-corrected chi connectivity index (χ4v) is 3.45. The normalized spacial score (nSPS) is 16.3. The highest BCUT2D eigenvalue weighted by atomic mass is 19.4. The molecule has 0 unspecified atom stereocenters. The zero-order chi connectivity index (χ0) is 37.7. The standard InChI is InChI=1S/C21H19F25/c1-2-3-4-5-6-7-8-9-10(22,23)11(24,25)12(26,27)13(28,29)14(30,31)15(32,33)16(34,35)17(36,37)18(38,39)19(40,41)20(42,43)21(44,45)46/h2-9H2,1H3. The zero-order valence-electron chi connectivity index (χ0n) is 22.1. The summed E-state index contributed by atoms with van der Waals surface area (Å²) >= 11 is 0. The molecule has 0 aromatic heterocycles. The lowest BCUT2D eigenvalue weighted by Gasteiger charge is -2.45. The maximum Gasteiger partial charge on any atom is 0.460 e. The van der Waals surface area contributed by atoms with E-state index >= 15 is 0 Å². The van der Waals surface area contributed by atoms with Gasteiger partial charge in [-0.3, -0.25) is 0 Å². The molecule has 0 amide bonds. The van der Waals surface area contributed by atoms with Crippen molar-refractivity contribution >= 4 is 0 Å². The highest BCUT2D eigenvalue weighted by molar-refractivity contribution is 5.19. The van der Waals surface area contributed by atoms with Crippen LogP contribution >= 0.6 is 0 Å². The van der Waals surface area contributed by atoms with Crippen LogP contribution in [0, 0.1) is 0 Å². The quantitative estimate of drug-likeness (QED) is 0.0968. The van der Waals surface area contributed by atoms with Gasteiger partial charge in [-0.25, -0.2) is 0 Å². The van der Waals surface area contributed by atoms with Crippen LogP contribution in [0.4, 0.5) is 110 Å². The molecule has 25 heteroatoms. The van der Waals surface area contributed by atoms with Crippen LogP contribution in [-0.2, 0) is 0 Å². The van der Waals surface area contributed by atoms with E-state index in [9.17, 15) is 110 Å². The molecule has 0 rings (SSSR count). The van der Waals surface area contributed by atoms with Crippen LogP contribution in [0.25, 0.3) is 0 Å². The molecule has 0 saturated heterocycles. The van der Waals surface area contributed by atoms with E-state index in [4.69, 9.17) is 0 Å². The predicted octanol–water partition coefficient (Wildman–Crippen LogP) is 11.7. The Morgan fingerprint density at radius 2 is 0.478 bits per heavy atom. The first-order valence-electron chi connectivity index (χ1n) is 12.0. The van der Waals surface area contributed by atoms with Crippen LogP contribution < -0.4 is 0 Å². The van der Waals surface area contributed by atoms with Crippen LogP contribution in [0.5, 0.6) is 0 Å². The van der Waals surface area contributed by atoms with Crippen molar-refractivity contribution in [2.45, 2.75) is 130 Å². The predicted molar refractivity (Wildman–Crippen MR) is 103 cm³/mol. The van der Waals surface area contributed by atoms with Crippen molar-refractivity contribution in [2.24, 2.45) is 0 Å². The molecule has 0 N–H and O–H groups in total. The second-order valence-electron chi connectivity index (χ2n) is 9.82. The number of rotatable bonds is 18. The maximum atomic E-state index is 13.9. The third-order valence-corrected chi connectivity index (χ3v) is 6.46. The SMILES string of the molecule is CCCCCCCCCC(F)(F)C(F)(F)C(F)(F)C(F)(F)C(F)(F)C(F)(F)C(F)(F)C(F)(F)C(F)(F)C(F)(F)C(F)(F)C(F)(F)F. The largest absolute Gasteiger partial charge is 0.460 e. The van der Waals surface area contributed by atoms with Crippen molar-refractivity contribution in [1.29, 1.82) is 0 Å². The molecule has 0 aromatic carbocycles. The molecule has 0 radical (unpaired) electrons. The van der Waals surface area contributed by atoms with E-state index in [1.807, 2.05) is 0 Å². The minimum Gasteiger partial charge on any atom is -0.200 e. The minimum atomic E-state index is -9.56. The number of unbranched alkanes of at least 4 members (excludes halogenated alkanes) is 6. The van der Waals surface area contributed by atoms with E-state index in [2.05, 4.69) is 0 Å². The molecular weight excluding hydrogens is 727 g/mol. The average Bonchev–Trinajstić information content (AvgIpc) is 2.86. The van der Waals surface area contributed by atoms with Crippen molar-refractivity contribution < 1.29 is 110 Å². The molecule has 0 aliphatic rings. The topological polar surface area (TPSA) is 0 Å². The van der Waals surface area contributed by atoms with Gasteiger partial charge in [0.05, 0.1) is 0 Å². The Balaban J connectivity index is 6.83. The Kier molecular flexibility index (Phi) is 12.1. The number of alkyl halides is 25. The van der Waals surface area contributed by atoms with Gasteiger partial charge in [0.2, 0.25) is 0 Å². The molecule has 0 aromatic rings. The summed E-state index contributed by atoms with van der Waals surface area (Å²) in [5.74, 6) is -97.6. The van der Waals surface area contributed by atoms with Crippen molar-refractivity contribution in [3.8, 4) is 0 Å². The lowest BCUT2D eigenvalue weighted by molar-refractivity contribution is -0.482. The Morgan fingerprint density at radius 1 is 0.261 bits per heavy atom. The smallest absolute Gasteiger partial charge is 0.200 e. The summed E-state index contributed by atoms with van der Waals surface area (Å²) in [4.78, 5) is 0. The molecule has 0 aliphatic carbocycles. The zero-order valence-corrected chi connectivity index (χ0v) is 22.1. The van der Waals surface area contributed by atoms with Gasteiger partial charge in [-0.2, -0.15) is 110 Å². The van der Waals surface area contributed by atoms with Crippen molar-refractivity contribution in [1.82, 2.24) is 0 Å². The second kappa shape index (κ2) is 12.6. The van der Waals surface area contributed by atoms with Gasteiger partial charge in [0.15, 0.2) is 0 Å². The third-order valence-electron chi connectivity index (χ3n) is 6.46. The molecule has 46 heavy (non-hydrogen) atoms. The lowest BCUT2D eigenvalue weighted by atomic mass is 9.84. The molecule has 278 valence electrons. The molecule has 0 nitrogen and oxygen atoms in total. The van der Waals surface area contributed by atoms with Crippen molar-refractivity contribution in [3.63, 3.8) is 0 Å². The van der Waals surface area contributed by atoms with Crippen LogP contribution in [0.15, 0.2) is 0 Å². The summed E-state index contributed by atoms with van der Waals surface area (Å²) in [7, 11) is 0. The molecular formula is C21H19F25. The highest BCUT2D eigenvalue weighted by Crippen LogP contribution is 2.67. The Labute approximate surface area is 240 Å². The van der Waals surface area contributed by atoms with E-state index in [0.29, 0.717) is 19.3 Å². The van der Waals surface area contributed by atoms with Gasteiger partial charge in [0.1, 0.15) is 0 Å². The number of hydrogen-bond acceptors (Lipinski definition) is 0. The number of halogens is 25. The molecule has 0 aliphatic heterocycles. The van der Waals surface area contributed by atoms with E-state index in [1.54, 1.807) is 6.92 Å². The molecule has 0 bridgehead atoms. The van der Waals surface area contributed by atoms with Gasteiger partial charge < -0.3 is 0 Å². The molecule has 0 fully saturated rings. The first-order valence-corrected chi connectivity index (χ1v) is 12.0. The summed E-state index contributed by atoms with van der Waals surface area (Å²) in [6, 6.07) is 0. The highest BCUT2D eigenvalue weighted by Gasteiger charge is 2.99. The van der Waals surface area contributed by atoms with E-state index in [0.717, 1.165) is 0 Å². The van der Waals surface area contributed by atoms with Crippen LogP contribution in [-0.4, -0.2) is 71.3 Å². The second-order valence-corrected chi connectivity index (χ2v) is 9.82. The number of hydrogen-bond donors (Lipinski definition) is 0. The minimum absolute atomic E-state index is 0.111. The van der Waals surface area contributed by atoms with Gasteiger partial charge in [-0.05, 0) is 6.42 Å². The molecule has 0 atom stereocenters. The Morgan fingerprint density at radius 3 is 0.739 bits per heavy atom. The molecule has 0 spiro atoms. The maximum absolute atomic E-state index is 13.9. The Hall–Kier alpha value is -1.75. The average molecular weight is 746 g/mol. The summed E-state index contributed by atoms with van der Waals surface area (Å²) in [6.07, 6.45) is -11.0. The van der Waals surface area contributed by atoms with Crippen LogP contribution in [0.2, 0.25) is 0 Å². The molecule has 0 saturated carbocycles. The van der Waals surface area contributed by atoms with Crippen molar-refractivity contribution in [2.75, 3.05) is 0 Å². The van der Waals surface area contributed by atoms with Gasteiger partial charge >= 0.3 is 71.3 Å². The van der Waals surface area contributed by atoms with Crippen LogP contribution in [0.1, 0.15) is 58.3 Å². The summed E-state index contributed by atoms with van der Waals surface area (Å²) < 4.78 is 336. The first-order chi connectivity index (χ1) is 19.8.